The van der Waals surface area contributed by atoms with Gasteiger partial charge in [-0.15, -0.1) is 0 Å². The summed E-state index contributed by atoms with van der Waals surface area (Å²) >= 11 is 0. The Kier molecular flexibility index (Phi) is 9.43. The van der Waals surface area contributed by atoms with E-state index in [2.05, 4.69) is 258 Å². The second-order valence-corrected chi connectivity index (χ2v) is 32.4. The molecule has 2 heteroatoms. The van der Waals surface area contributed by atoms with Crippen molar-refractivity contribution in [3.05, 3.63) is 218 Å². The molecule has 14 aromatic rings. The monoisotopic (exact) mass is 950 g/mol. The van der Waals surface area contributed by atoms with Crippen molar-refractivity contribution in [1.82, 2.24) is 0 Å². The Balaban J connectivity index is 1.20. The molecule has 72 heavy (non-hydrogen) atoms. The van der Waals surface area contributed by atoms with Crippen molar-refractivity contribution in [2.75, 3.05) is 0 Å². The Morgan fingerprint density at radius 3 is 0.806 bits per heavy atom. The van der Waals surface area contributed by atoms with E-state index in [4.69, 9.17) is 0 Å². The van der Waals surface area contributed by atoms with E-state index in [-0.39, 0.29) is 0 Å². The van der Waals surface area contributed by atoms with Crippen LogP contribution in [-0.4, -0.2) is 16.1 Å². The second kappa shape index (κ2) is 15.8. The highest BCUT2D eigenvalue weighted by Crippen LogP contribution is 2.52. The van der Waals surface area contributed by atoms with E-state index in [1.54, 1.807) is 0 Å². The molecule has 0 aliphatic carbocycles. The first-order valence-electron chi connectivity index (χ1n) is 25.7. The summed E-state index contributed by atoms with van der Waals surface area (Å²) in [6.07, 6.45) is 0. The van der Waals surface area contributed by atoms with Gasteiger partial charge in [0, 0.05) is 0 Å². The molecular weight excluding hydrogens is 897 g/mol. The summed E-state index contributed by atoms with van der Waals surface area (Å²) in [6.45, 7) is 14.9. The molecule has 0 atom stereocenters. The average molecular weight is 951 g/mol. The van der Waals surface area contributed by atoms with Gasteiger partial charge in [0.2, 0.25) is 0 Å². The lowest BCUT2D eigenvalue weighted by molar-refractivity contribution is 1.66. The van der Waals surface area contributed by atoms with Gasteiger partial charge in [-0.05, 0) is 166 Å². The zero-order valence-corrected chi connectivity index (χ0v) is 43.8. The van der Waals surface area contributed by atoms with Crippen LogP contribution in [0, 0.1) is 0 Å². The first-order valence-corrected chi connectivity index (χ1v) is 32.7. The van der Waals surface area contributed by atoms with Gasteiger partial charge >= 0.3 is 0 Å². The van der Waals surface area contributed by atoms with Crippen LogP contribution < -0.4 is 10.4 Å². The van der Waals surface area contributed by atoms with Crippen LogP contribution in [0.5, 0.6) is 0 Å². The predicted molar refractivity (Wildman–Crippen MR) is 323 cm³/mol. The fourth-order valence-electron chi connectivity index (χ4n) is 12.8. The summed E-state index contributed by atoms with van der Waals surface area (Å²) in [5.41, 5.74) is 10.2. The van der Waals surface area contributed by atoms with Crippen LogP contribution in [0.1, 0.15) is 0 Å². The van der Waals surface area contributed by atoms with Crippen molar-refractivity contribution in [1.29, 1.82) is 0 Å². The van der Waals surface area contributed by atoms with Crippen molar-refractivity contribution < 1.29 is 0 Å². The average Bonchev–Trinajstić information content (AvgIpc) is 3.40. The fourth-order valence-corrected chi connectivity index (χ4v) is 16.0. The molecule has 0 aliphatic rings. The van der Waals surface area contributed by atoms with E-state index >= 15 is 0 Å². The number of rotatable bonds is 6. The number of fused-ring (bicyclic) bond motifs is 8. The third-order valence-corrected chi connectivity index (χ3v) is 20.2. The molecule has 0 aromatic heterocycles. The molecule has 0 heterocycles. The zero-order valence-electron chi connectivity index (χ0n) is 41.8. The lowest BCUT2D eigenvalue weighted by atomic mass is 9.80. The maximum Gasteiger partial charge on any atom is 0.0784 e. The molecule has 14 rings (SSSR count). The molecule has 0 spiro atoms. The Morgan fingerprint density at radius 1 is 0.194 bits per heavy atom. The first kappa shape index (κ1) is 42.9. The van der Waals surface area contributed by atoms with Crippen LogP contribution in [0.15, 0.2) is 218 Å². The van der Waals surface area contributed by atoms with Gasteiger partial charge in [-0.25, -0.2) is 0 Å². The molecule has 0 unspecified atom stereocenters. The van der Waals surface area contributed by atoms with Gasteiger partial charge in [0.05, 0.1) is 16.1 Å². The van der Waals surface area contributed by atoms with Crippen LogP contribution in [0.2, 0.25) is 39.3 Å². The van der Waals surface area contributed by atoms with Crippen LogP contribution in [0.4, 0.5) is 0 Å². The fraction of sp³-hybridized carbons (Fsp3) is 0.0857. The maximum atomic E-state index is 2.55. The van der Waals surface area contributed by atoms with Gasteiger partial charge in [-0.3, -0.25) is 0 Å². The molecule has 0 saturated heterocycles. The minimum atomic E-state index is -1.69. The summed E-state index contributed by atoms with van der Waals surface area (Å²) in [5.74, 6) is 0. The molecule has 0 radical (unpaired) electrons. The van der Waals surface area contributed by atoms with Gasteiger partial charge in [0.15, 0.2) is 0 Å². The number of benzene rings is 14. The SMILES string of the molecule is C[Si](C)(C)c1ccc(-c2cc(-c3cc4ccccc4c4ccccc34)c3ccc4c(-c5ccc([Si](C)(C)C)c6ccccc56)cc(-c5cc6ccccc6c6ccccc56)c5ccc2c3c45)c2ccccc12. The molecule has 0 bridgehead atoms. The summed E-state index contributed by atoms with van der Waals surface area (Å²) in [7, 11) is -3.39. The molecule has 0 fully saturated rings. The molecule has 342 valence electrons. The highest BCUT2D eigenvalue weighted by Gasteiger charge is 2.27. The molecule has 0 N–H and O–H groups in total. The third kappa shape index (κ3) is 6.42. The van der Waals surface area contributed by atoms with Gasteiger partial charge in [-0.2, -0.15) is 0 Å². The normalized spacial score (nSPS) is 12.6. The minimum absolute atomic E-state index is 1.25. The lowest BCUT2D eigenvalue weighted by Gasteiger charge is -2.25. The van der Waals surface area contributed by atoms with Crippen molar-refractivity contribution in [3.8, 4) is 44.5 Å². The standard InChI is InChI=1S/C70H54Si2/c1-71(2,3)67-37-35-53(49-25-15-17-29-55(49)67)63-41-65(61-39-43-19-7-9-21-45(43)47-23-11-13-27-51(47)61)59-34-32-58-64(54-36-38-68(72(4,5)6)56-30-18-16-26-50(54)56)42-66(60-33-31-57(63)69(59)70(58)60)62-40-44-20-8-10-22-46(44)48-24-12-14-28-52(48)62/h7-42H,1-6H3. The Labute approximate surface area is 423 Å². The van der Waals surface area contributed by atoms with E-state index in [9.17, 15) is 0 Å². The van der Waals surface area contributed by atoms with E-state index < -0.39 is 16.1 Å². The van der Waals surface area contributed by atoms with E-state index in [0.717, 1.165) is 0 Å². The summed E-state index contributed by atoms with van der Waals surface area (Å²) in [6, 6.07) is 84.1. The van der Waals surface area contributed by atoms with Crippen molar-refractivity contribution in [2.45, 2.75) is 39.3 Å². The lowest BCUT2D eigenvalue weighted by Crippen LogP contribution is -2.38. The van der Waals surface area contributed by atoms with E-state index in [0.29, 0.717) is 0 Å². The largest absolute Gasteiger partial charge is 0.0784 e. The van der Waals surface area contributed by atoms with E-state index in [1.165, 1.54) is 152 Å². The Morgan fingerprint density at radius 2 is 0.458 bits per heavy atom. The highest BCUT2D eigenvalue weighted by molar-refractivity contribution is 6.91. The molecule has 0 saturated carbocycles. The number of hydrogen-bond acceptors (Lipinski definition) is 0. The highest BCUT2D eigenvalue weighted by atomic mass is 28.3. The zero-order chi connectivity index (χ0) is 48.6. The second-order valence-electron chi connectivity index (χ2n) is 22.3. The first-order chi connectivity index (χ1) is 35.0. The van der Waals surface area contributed by atoms with Gasteiger partial charge < -0.3 is 0 Å². The molecule has 0 aliphatic heterocycles. The van der Waals surface area contributed by atoms with Crippen LogP contribution in [-0.2, 0) is 0 Å². The Hall–Kier alpha value is -7.89. The van der Waals surface area contributed by atoms with Gasteiger partial charge in [0.25, 0.3) is 0 Å². The number of hydrogen-bond donors (Lipinski definition) is 0. The molecule has 0 nitrogen and oxygen atoms in total. The summed E-state index contributed by atoms with van der Waals surface area (Å²) in [4.78, 5) is 0. The predicted octanol–water partition coefficient (Wildman–Crippen LogP) is 19.3. The van der Waals surface area contributed by atoms with Crippen LogP contribution >= 0.6 is 0 Å². The van der Waals surface area contributed by atoms with E-state index in [1.807, 2.05) is 0 Å². The Bertz CT molecular complexity index is 4290. The maximum absolute atomic E-state index is 2.55. The van der Waals surface area contributed by atoms with Gasteiger partial charge in [0.1, 0.15) is 0 Å². The topological polar surface area (TPSA) is 0 Å². The minimum Gasteiger partial charge on any atom is -0.0656 e. The van der Waals surface area contributed by atoms with Crippen molar-refractivity contribution >= 4 is 123 Å². The van der Waals surface area contributed by atoms with Crippen LogP contribution in [0.25, 0.3) is 141 Å². The van der Waals surface area contributed by atoms with Crippen molar-refractivity contribution in [2.24, 2.45) is 0 Å². The molecular formula is C70H54Si2. The quantitative estimate of drug-likeness (QED) is 0.115. The third-order valence-electron chi connectivity index (χ3n) is 16.1. The molecule has 0 amide bonds. The van der Waals surface area contributed by atoms with Gasteiger partial charge in [-0.1, -0.05) is 244 Å². The summed E-state index contributed by atoms with van der Waals surface area (Å²) in [5, 5.41) is 26.4. The summed E-state index contributed by atoms with van der Waals surface area (Å²) < 4.78 is 0. The van der Waals surface area contributed by atoms with Crippen LogP contribution in [0.3, 0.4) is 0 Å². The molecule has 14 aromatic carbocycles. The van der Waals surface area contributed by atoms with Crippen molar-refractivity contribution in [3.63, 3.8) is 0 Å². The smallest absolute Gasteiger partial charge is 0.0656 e.